The van der Waals surface area contributed by atoms with Crippen molar-refractivity contribution in [1.29, 1.82) is 0 Å². The summed E-state index contributed by atoms with van der Waals surface area (Å²) < 4.78 is 0. The van der Waals surface area contributed by atoms with Crippen molar-refractivity contribution in [2.75, 3.05) is 0 Å². The molecule has 4 aliphatic carbocycles. The van der Waals surface area contributed by atoms with Crippen LogP contribution in [0, 0.1) is 0 Å². The number of fused-ring (bicyclic) bond motifs is 13. The first-order chi connectivity index (χ1) is 44.1. The van der Waals surface area contributed by atoms with Gasteiger partial charge in [-0.05, 0) is 268 Å². The predicted molar refractivity (Wildman–Crippen MR) is 382 cm³/mol. The summed E-state index contributed by atoms with van der Waals surface area (Å²) in [6.45, 7) is 19.2. The molecule has 0 saturated carbocycles. The lowest BCUT2D eigenvalue weighted by atomic mass is 9.72. The maximum absolute atomic E-state index is 5.02. The number of rotatable bonds is 14. The third-order valence-electron chi connectivity index (χ3n) is 23.5. The topological polar surface area (TPSA) is 12.9 Å². The minimum atomic E-state index is -0.138. The first-order valence-electron chi connectivity index (χ1n) is 33.8. The van der Waals surface area contributed by atoms with Gasteiger partial charge in [-0.1, -0.05) is 219 Å². The van der Waals surface area contributed by atoms with E-state index in [9.17, 15) is 0 Å². The molecule has 0 unspecified atom stereocenters. The van der Waals surface area contributed by atoms with Crippen LogP contribution in [0.4, 0.5) is 0 Å². The Bertz CT molecular complexity index is 4640. The molecule has 0 atom stereocenters. The number of benzene rings is 11. The molecular formula is C89H79N. The maximum atomic E-state index is 5.02. The van der Waals surface area contributed by atoms with Crippen LogP contribution in [0.3, 0.4) is 0 Å². The van der Waals surface area contributed by atoms with E-state index >= 15 is 0 Å². The van der Waals surface area contributed by atoms with Crippen LogP contribution in [-0.4, -0.2) is 4.98 Å². The number of pyridine rings is 1. The summed E-state index contributed by atoms with van der Waals surface area (Å²) in [6, 6.07) is 89.8. The first kappa shape index (κ1) is 56.1. The van der Waals surface area contributed by atoms with E-state index in [0.29, 0.717) is 0 Å². The zero-order valence-electron chi connectivity index (χ0n) is 53.6. The number of hydrogen-bond acceptors (Lipinski definition) is 1. The highest BCUT2D eigenvalue weighted by molar-refractivity contribution is 5.97. The Kier molecular flexibility index (Phi) is 13.2. The van der Waals surface area contributed by atoms with Crippen molar-refractivity contribution in [3.63, 3.8) is 0 Å². The van der Waals surface area contributed by atoms with Gasteiger partial charge in [0.1, 0.15) is 0 Å². The zero-order valence-corrected chi connectivity index (χ0v) is 53.6. The lowest BCUT2D eigenvalue weighted by molar-refractivity contribution is 0.490. The van der Waals surface area contributed by atoms with E-state index in [1.807, 2.05) is 6.20 Å². The Morgan fingerprint density at radius 1 is 0.222 bits per heavy atom. The van der Waals surface area contributed by atoms with Gasteiger partial charge in [0.15, 0.2) is 0 Å². The molecule has 0 spiro atoms. The molecule has 4 aliphatic rings. The van der Waals surface area contributed by atoms with Gasteiger partial charge in [-0.3, -0.25) is 4.98 Å². The highest BCUT2D eigenvalue weighted by atomic mass is 14.7. The summed E-state index contributed by atoms with van der Waals surface area (Å²) in [5, 5.41) is 2.36. The lowest BCUT2D eigenvalue weighted by Gasteiger charge is -2.31. The van der Waals surface area contributed by atoms with Crippen LogP contribution in [0.1, 0.15) is 151 Å². The molecule has 1 heterocycles. The normalized spacial score (nSPS) is 15.2. The molecule has 1 aromatic heterocycles. The smallest absolute Gasteiger partial charge is 0.0780 e. The molecule has 0 N–H and O–H groups in total. The van der Waals surface area contributed by atoms with E-state index in [2.05, 4.69) is 286 Å². The molecule has 16 rings (SSSR count). The first-order valence-corrected chi connectivity index (χ1v) is 33.8. The minimum Gasteiger partial charge on any atom is -0.256 e. The van der Waals surface area contributed by atoms with E-state index in [1.165, 1.54) is 150 Å². The van der Waals surface area contributed by atoms with Crippen molar-refractivity contribution in [3.05, 3.63) is 281 Å². The standard InChI is InChI=1S/C89H79N/c1-9-86(10-2)77-30-21-19-28-69(77)71-38-32-58(50-79(71)86)60-34-40-73-75-42-36-62(54-83(75)88(13-5,14-6)81(73)52-60)66-47-65(57-25-23-26-64(46-57)85-68-27-18-17-24-56(68)44-45-90-85)48-67(49-66)63-37-43-76-74-41-35-61(53-82(74)89(15-7,16-8)84(76)55-63)59-33-39-72-70-29-20-22-31-78(70)87(11-3,12-4)80(72)51-59/h17-55H,9-16H2,1-8H3. The average Bonchev–Trinajstić information content (AvgIpc) is 1.59. The van der Waals surface area contributed by atoms with E-state index in [0.717, 1.165) is 68.0 Å². The van der Waals surface area contributed by atoms with Crippen LogP contribution in [0.5, 0.6) is 0 Å². The number of aromatic nitrogens is 1. The Balaban J connectivity index is 0.808. The van der Waals surface area contributed by atoms with Gasteiger partial charge in [0.05, 0.1) is 5.69 Å². The highest BCUT2D eigenvalue weighted by Gasteiger charge is 2.45. The molecule has 0 amide bonds. The molecule has 1 heteroatoms. The number of hydrogen-bond donors (Lipinski definition) is 0. The molecule has 0 bridgehead atoms. The Hall–Kier alpha value is -9.17. The fraction of sp³-hybridized carbons (Fsp3) is 0.225. The van der Waals surface area contributed by atoms with Gasteiger partial charge in [-0.25, -0.2) is 0 Å². The van der Waals surface area contributed by atoms with E-state index in [1.54, 1.807) is 0 Å². The Morgan fingerprint density at radius 2 is 0.500 bits per heavy atom. The molecule has 0 radical (unpaired) electrons. The van der Waals surface area contributed by atoms with Gasteiger partial charge in [0, 0.05) is 38.8 Å². The second-order valence-electron chi connectivity index (χ2n) is 26.6. The fourth-order valence-corrected chi connectivity index (χ4v) is 18.3. The second-order valence-corrected chi connectivity index (χ2v) is 26.6. The summed E-state index contributed by atoms with van der Waals surface area (Å²) in [5.74, 6) is 0. The minimum absolute atomic E-state index is 0.0259. The van der Waals surface area contributed by atoms with Crippen molar-refractivity contribution >= 4 is 10.8 Å². The molecule has 12 aromatic rings. The molecule has 440 valence electrons. The summed E-state index contributed by atoms with van der Waals surface area (Å²) in [4.78, 5) is 5.02. The highest BCUT2D eigenvalue weighted by Crippen LogP contribution is 2.59. The van der Waals surface area contributed by atoms with Crippen LogP contribution in [0.15, 0.2) is 237 Å². The van der Waals surface area contributed by atoms with E-state index < -0.39 is 0 Å². The summed E-state index contributed by atoms with van der Waals surface area (Å²) >= 11 is 0. The van der Waals surface area contributed by atoms with Crippen LogP contribution in [0.25, 0.3) is 122 Å². The molecule has 0 aliphatic heterocycles. The lowest BCUT2D eigenvalue weighted by Crippen LogP contribution is -2.23. The summed E-state index contributed by atoms with van der Waals surface area (Å²) in [5.41, 5.74) is 37.3. The molecular weight excluding hydrogens is 1080 g/mol. The summed E-state index contributed by atoms with van der Waals surface area (Å²) in [6.07, 6.45) is 10.3. The quantitative estimate of drug-likeness (QED) is 0.106. The van der Waals surface area contributed by atoms with Crippen LogP contribution in [0.2, 0.25) is 0 Å². The molecule has 0 fully saturated rings. The average molecular weight is 1160 g/mol. The van der Waals surface area contributed by atoms with Crippen molar-refractivity contribution in [3.8, 4) is 111 Å². The van der Waals surface area contributed by atoms with Gasteiger partial charge < -0.3 is 0 Å². The van der Waals surface area contributed by atoms with E-state index in [-0.39, 0.29) is 21.7 Å². The SMILES string of the molecule is CCC1(CC)c2ccccc2-c2ccc(-c3ccc4c(c3)C(CC)(CC)c3cc(-c5cc(-c6cccc(-c7nccc8ccccc78)c6)cc(-c6ccc7c(c6)C(CC)(CC)c6cc(-c8ccc9c(c8)C(CC)(CC)c8ccccc8-9)ccc6-7)c5)ccc3-4)cc21. The van der Waals surface area contributed by atoms with E-state index in [4.69, 9.17) is 4.98 Å². The van der Waals surface area contributed by atoms with Crippen molar-refractivity contribution in [1.82, 2.24) is 4.98 Å². The van der Waals surface area contributed by atoms with Crippen molar-refractivity contribution < 1.29 is 0 Å². The second kappa shape index (κ2) is 21.2. The van der Waals surface area contributed by atoms with Crippen LogP contribution >= 0.6 is 0 Å². The van der Waals surface area contributed by atoms with Gasteiger partial charge in [0.25, 0.3) is 0 Å². The van der Waals surface area contributed by atoms with Crippen molar-refractivity contribution in [2.45, 2.75) is 128 Å². The summed E-state index contributed by atoms with van der Waals surface area (Å²) in [7, 11) is 0. The third kappa shape index (κ3) is 7.90. The number of nitrogens with zero attached hydrogens (tertiary/aromatic N) is 1. The predicted octanol–water partition coefficient (Wildman–Crippen LogP) is 24.6. The van der Waals surface area contributed by atoms with Crippen LogP contribution in [-0.2, 0) is 21.7 Å². The van der Waals surface area contributed by atoms with Crippen LogP contribution < -0.4 is 0 Å². The van der Waals surface area contributed by atoms with Gasteiger partial charge in [-0.2, -0.15) is 0 Å². The third-order valence-corrected chi connectivity index (χ3v) is 23.5. The Labute approximate surface area is 533 Å². The molecule has 0 saturated heterocycles. The monoisotopic (exact) mass is 1160 g/mol. The fourth-order valence-electron chi connectivity index (χ4n) is 18.3. The molecule has 90 heavy (non-hydrogen) atoms. The zero-order chi connectivity index (χ0) is 61.3. The van der Waals surface area contributed by atoms with Gasteiger partial charge in [-0.15, -0.1) is 0 Å². The van der Waals surface area contributed by atoms with Gasteiger partial charge >= 0.3 is 0 Å². The van der Waals surface area contributed by atoms with Gasteiger partial charge in [0.2, 0.25) is 0 Å². The maximum Gasteiger partial charge on any atom is 0.0780 e. The van der Waals surface area contributed by atoms with Crippen molar-refractivity contribution in [2.24, 2.45) is 0 Å². The molecule has 11 aromatic carbocycles. The molecule has 1 nitrogen and oxygen atoms in total. The largest absolute Gasteiger partial charge is 0.256 e. The Morgan fingerprint density at radius 3 is 0.867 bits per heavy atom.